The molecule has 0 amide bonds. The molecule has 3 aromatic rings. The lowest BCUT2D eigenvalue weighted by Crippen LogP contribution is -2.32. The van der Waals surface area contributed by atoms with Gasteiger partial charge in [0.05, 0.1) is 12.1 Å². The second-order valence-corrected chi connectivity index (χ2v) is 5.13. The molecule has 2 heterocycles. The van der Waals surface area contributed by atoms with Gasteiger partial charge in [-0.2, -0.15) is 4.57 Å². The van der Waals surface area contributed by atoms with Crippen LogP contribution in [-0.2, 0) is 4.74 Å². The van der Waals surface area contributed by atoms with Crippen molar-refractivity contribution in [2.45, 2.75) is 6.92 Å². The number of esters is 1. The van der Waals surface area contributed by atoms with E-state index in [0.717, 1.165) is 5.39 Å². The van der Waals surface area contributed by atoms with Crippen molar-refractivity contribution in [3.05, 3.63) is 65.6 Å². The first-order valence-electron chi connectivity index (χ1n) is 6.93. The summed E-state index contributed by atoms with van der Waals surface area (Å²) in [5.74, 6) is -0.439. The van der Waals surface area contributed by atoms with Gasteiger partial charge >= 0.3 is 5.97 Å². The second kappa shape index (κ2) is 6.12. The summed E-state index contributed by atoms with van der Waals surface area (Å²) >= 11 is 6.04. The smallest absolute Gasteiger partial charge is 0.363 e. The van der Waals surface area contributed by atoms with Gasteiger partial charge in [-0.15, -0.1) is 0 Å². The summed E-state index contributed by atoms with van der Waals surface area (Å²) in [6.45, 7) is 2.08. The number of rotatable bonds is 3. The zero-order valence-corrected chi connectivity index (χ0v) is 12.7. The van der Waals surface area contributed by atoms with Gasteiger partial charge in [0.2, 0.25) is 11.4 Å². The van der Waals surface area contributed by atoms with Crippen molar-refractivity contribution in [1.82, 2.24) is 4.98 Å². The molecule has 1 aromatic carbocycles. The molecular formula is C17H14ClN2O2+. The number of hydrogen-bond acceptors (Lipinski definition) is 3. The Balaban J connectivity index is 2.26. The lowest BCUT2D eigenvalue weighted by Gasteiger charge is -2.06. The molecule has 110 valence electrons. The number of carbonyl (C=O) groups is 1. The zero-order valence-electron chi connectivity index (χ0n) is 12.0. The number of benzene rings is 1. The SMILES string of the molecule is CCOC(=O)c1nc2ccc(Cl)cc2cc1-[n+]1ccccc1. The number of ether oxygens (including phenoxy) is 1. The minimum absolute atomic E-state index is 0.285. The minimum atomic E-state index is -0.439. The lowest BCUT2D eigenvalue weighted by molar-refractivity contribution is -0.596. The van der Waals surface area contributed by atoms with E-state index in [1.807, 2.05) is 47.3 Å². The average molecular weight is 314 g/mol. The van der Waals surface area contributed by atoms with Crippen LogP contribution in [0.3, 0.4) is 0 Å². The maximum atomic E-state index is 12.2. The molecule has 0 saturated carbocycles. The van der Waals surface area contributed by atoms with Crippen molar-refractivity contribution in [3.8, 4) is 5.69 Å². The molecule has 0 atom stereocenters. The van der Waals surface area contributed by atoms with Gasteiger partial charge in [-0.1, -0.05) is 17.7 Å². The van der Waals surface area contributed by atoms with E-state index in [9.17, 15) is 4.79 Å². The molecule has 0 fully saturated rings. The Morgan fingerprint density at radius 2 is 2.00 bits per heavy atom. The maximum absolute atomic E-state index is 12.2. The van der Waals surface area contributed by atoms with Gasteiger partial charge < -0.3 is 4.74 Å². The molecule has 0 spiro atoms. The number of nitrogens with zero attached hydrogens (tertiary/aromatic N) is 2. The van der Waals surface area contributed by atoms with Gasteiger partial charge in [0, 0.05) is 28.6 Å². The molecule has 5 heteroatoms. The largest absolute Gasteiger partial charge is 0.461 e. The van der Waals surface area contributed by atoms with Gasteiger partial charge in [-0.3, -0.25) is 0 Å². The Morgan fingerprint density at radius 3 is 2.73 bits per heavy atom. The van der Waals surface area contributed by atoms with Crippen LogP contribution >= 0.6 is 11.6 Å². The van der Waals surface area contributed by atoms with Gasteiger partial charge in [0.15, 0.2) is 12.4 Å². The van der Waals surface area contributed by atoms with E-state index in [1.165, 1.54) is 0 Å². The fraction of sp³-hybridized carbons (Fsp3) is 0.118. The fourth-order valence-corrected chi connectivity index (χ4v) is 2.42. The molecule has 0 unspecified atom stereocenters. The summed E-state index contributed by atoms with van der Waals surface area (Å²) in [5, 5.41) is 1.49. The summed E-state index contributed by atoms with van der Waals surface area (Å²) in [5.41, 5.74) is 1.65. The van der Waals surface area contributed by atoms with Crippen LogP contribution in [0.4, 0.5) is 0 Å². The summed E-state index contributed by atoms with van der Waals surface area (Å²) in [4.78, 5) is 16.7. The monoisotopic (exact) mass is 313 g/mol. The Labute approximate surface area is 132 Å². The van der Waals surface area contributed by atoms with Crippen LogP contribution in [0, 0.1) is 0 Å². The Morgan fingerprint density at radius 1 is 1.23 bits per heavy atom. The highest BCUT2D eigenvalue weighted by atomic mass is 35.5. The first kappa shape index (κ1) is 14.5. The summed E-state index contributed by atoms with van der Waals surface area (Å²) in [6.07, 6.45) is 3.71. The standard InChI is InChI=1S/C17H14ClN2O2/c1-2-22-17(21)16-15(20-8-4-3-5-9-20)11-12-10-13(18)6-7-14(12)19-16/h3-11H,2H2,1H3/q+1. The van der Waals surface area contributed by atoms with Gasteiger partial charge in [-0.05, 0) is 25.1 Å². The highest BCUT2D eigenvalue weighted by Gasteiger charge is 2.22. The third kappa shape index (κ3) is 2.78. The molecule has 0 aliphatic carbocycles. The summed E-state index contributed by atoms with van der Waals surface area (Å²) < 4.78 is 6.95. The van der Waals surface area contributed by atoms with Crippen LogP contribution in [0.25, 0.3) is 16.6 Å². The van der Waals surface area contributed by atoms with E-state index < -0.39 is 5.97 Å². The van der Waals surface area contributed by atoms with E-state index in [-0.39, 0.29) is 5.69 Å². The summed E-state index contributed by atoms with van der Waals surface area (Å²) in [6, 6.07) is 12.9. The third-order valence-electron chi connectivity index (χ3n) is 3.22. The molecule has 0 radical (unpaired) electrons. The van der Waals surface area contributed by atoms with E-state index in [4.69, 9.17) is 16.3 Å². The number of aromatic nitrogens is 2. The van der Waals surface area contributed by atoms with Gasteiger partial charge in [0.1, 0.15) is 0 Å². The predicted molar refractivity (Wildman–Crippen MR) is 84.2 cm³/mol. The van der Waals surface area contributed by atoms with Crippen LogP contribution in [-0.4, -0.2) is 17.6 Å². The molecule has 4 nitrogen and oxygen atoms in total. The van der Waals surface area contributed by atoms with Gasteiger partial charge in [0.25, 0.3) is 0 Å². The maximum Gasteiger partial charge on any atom is 0.363 e. The normalized spacial score (nSPS) is 10.6. The van der Waals surface area contributed by atoms with E-state index in [0.29, 0.717) is 22.8 Å². The highest BCUT2D eigenvalue weighted by molar-refractivity contribution is 6.31. The average Bonchev–Trinajstić information content (AvgIpc) is 2.54. The van der Waals surface area contributed by atoms with Crippen molar-refractivity contribution in [3.63, 3.8) is 0 Å². The van der Waals surface area contributed by atoms with Crippen LogP contribution in [0.15, 0.2) is 54.9 Å². The first-order chi connectivity index (χ1) is 10.7. The predicted octanol–water partition coefficient (Wildman–Crippen LogP) is 3.34. The zero-order chi connectivity index (χ0) is 15.5. The van der Waals surface area contributed by atoms with E-state index >= 15 is 0 Å². The molecule has 0 saturated heterocycles. The van der Waals surface area contributed by atoms with Crippen LogP contribution in [0.5, 0.6) is 0 Å². The Kier molecular flexibility index (Phi) is 4.02. The Bertz CT molecular complexity index is 835. The molecule has 0 bridgehead atoms. The molecule has 22 heavy (non-hydrogen) atoms. The first-order valence-corrected chi connectivity index (χ1v) is 7.31. The third-order valence-corrected chi connectivity index (χ3v) is 3.45. The van der Waals surface area contributed by atoms with Crippen LogP contribution in [0.2, 0.25) is 5.02 Å². The topological polar surface area (TPSA) is 43.1 Å². The summed E-state index contributed by atoms with van der Waals surface area (Å²) in [7, 11) is 0. The molecule has 0 N–H and O–H groups in total. The number of hydrogen-bond donors (Lipinski definition) is 0. The molecular weight excluding hydrogens is 300 g/mol. The van der Waals surface area contributed by atoms with Gasteiger partial charge in [-0.25, -0.2) is 9.78 Å². The number of halogens is 1. The van der Waals surface area contributed by atoms with Crippen molar-refractivity contribution in [2.24, 2.45) is 0 Å². The minimum Gasteiger partial charge on any atom is -0.461 e. The quantitative estimate of drug-likeness (QED) is 0.550. The molecule has 3 rings (SSSR count). The highest BCUT2D eigenvalue weighted by Crippen LogP contribution is 2.21. The van der Waals surface area contributed by atoms with Crippen molar-refractivity contribution in [2.75, 3.05) is 6.61 Å². The molecule has 0 aliphatic rings. The van der Waals surface area contributed by atoms with Crippen LogP contribution < -0.4 is 4.57 Å². The second-order valence-electron chi connectivity index (χ2n) is 4.70. The lowest BCUT2D eigenvalue weighted by atomic mass is 10.1. The van der Waals surface area contributed by atoms with E-state index in [1.54, 1.807) is 19.1 Å². The number of fused-ring (bicyclic) bond motifs is 1. The number of carbonyl (C=O) groups excluding carboxylic acids is 1. The van der Waals surface area contributed by atoms with Crippen molar-refractivity contribution >= 4 is 28.5 Å². The molecule has 2 aromatic heterocycles. The van der Waals surface area contributed by atoms with Crippen LogP contribution in [0.1, 0.15) is 17.4 Å². The van der Waals surface area contributed by atoms with Crippen molar-refractivity contribution in [1.29, 1.82) is 0 Å². The van der Waals surface area contributed by atoms with Crippen molar-refractivity contribution < 1.29 is 14.1 Å². The number of pyridine rings is 2. The Hall–Kier alpha value is -2.46. The van der Waals surface area contributed by atoms with E-state index in [2.05, 4.69) is 4.98 Å². The fourth-order valence-electron chi connectivity index (χ4n) is 2.24. The molecule has 0 aliphatic heterocycles.